The molecule has 0 radical (unpaired) electrons. The summed E-state index contributed by atoms with van der Waals surface area (Å²) in [5.41, 5.74) is 1.22. The average molecular weight is 305 g/mol. The summed E-state index contributed by atoms with van der Waals surface area (Å²) in [6, 6.07) is 5.31. The van der Waals surface area contributed by atoms with Gasteiger partial charge >= 0.3 is 0 Å². The van der Waals surface area contributed by atoms with Gasteiger partial charge in [-0.1, -0.05) is 0 Å². The summed E-state index contributed by atoms with van der Waals surface area (Å²) in [6.07, 6.45) is 1.72. The van der Waals surface area contributed by atoms with Gasteiger partial charge in [-0.05, 0) is 12.1 Å². The molecular formula is C15H19N3O4. The molecular weight excluding hydrogens is 286 g/mol. The molecule has 2 rings (SSSR count). The Morgan fingerprint density at radius 3 is 2.77 bits per heavy atom. The van der Waals surface area contributed by atoms with Gasteiger partial charge in [0.1, 0.15) is 11.5 Å². The van der Waals surface area contributed by atoms with Crippen molar-refractivity contribution in [2.45, 2.75) is 12.6 Å². The first kappa shape index (κ1) is 15.8. The van der Waals surface area contributed by atoms with Crippen LogP contribution in [0.15, 0.2) is 30.7 Å². The first-order chi connectivity index (χ1) is 10.6. The largest absolute Gasteiger partial charge is 0.497 e. The summed E-state index contributed by atoms with van der Waals surface area (Å²) in [5.74, 6) is 0.776. The molecule has 0 spiro atoms. The van der Waals surface area contributed by atoms with Crippen LogP contribution in [0.4, 0.5) is 0 Å². The molecule has 0 saturated carbocycles. The Morgan fingerprint density at radius 1 is 1.41 bits per heavy atom. The topological polar surface area (TPSA) is 85.6 Å². The number of aryl methyl sites for hydroxylation is 1. The number of aromatic nitrogens is 2. The van der Waals surface area contributed by atoms with Gasteiger partial charge in [0.25, 0.3) is 5.91 Å². The second-order valence-corrected chi connectivity index (χ2v) is 4.73. The van der Waals surface area contributed by atoms with Gasteiger partial charge in [0.2, 0.25) is 0 Å². The van der Waals surface area contributed by atoms with Crippen LogP contribution in [0.25, 0.3) is 0 Å². The van der Waals surface area contributed by atoms with E-state index in [4.69, 9.17) is 9.47 Å². The van der Waals surface area contributed by atoms with Gasteiger partial charge in [0.05, 0.1) is 32.4 Å². The third kappa shape index (κ3) is 3.37. The molecule has 2 N–H and O–H groups in total. The van der Waals surface area contributed by atoms with Crippen LogP contribution in [0.1, 0.15) is 17.4 Å². The zero-order chi connectivity index (χ0) is 16.1. The van der Waals surface area contributed by atoms with Crippen molar-refractivity contribution in [3.8, 4) is 11.5 Å². The molecule has 0 saturated heterocycles. The lowest BCUT2D eigenvalue weighted by Gasteiger charge is -2.14. The molecule has 0 fully saturated rings. The van der Waals surface area contributed by atoms with E-state index in [0.717, 1.165) is 5.56 Å². The highest BCUT2D eigenvalue weighted by atomic mass is 16.5. The van der Waals surface area contributed by atoms with E-state index in [1.807, 2.05) is 0 Å². The first-order valence-corrected chi connectivity index (χ1v) is 6.69. The maximum atomic E-state index is 12.0. The third-order valence-electron chi connectivity index (χ3n) is 3.33. The van der Waals surface area contributed by atoms with Crippen LogP contribution < -0.4 is 14.8 Å². The number of rotatable bonds is 6. The lowest BCUT2D eigenvalue weighted by atomic mass is 10.1. The zero-order valence-electron chi connectivity index (χ0n) is 12.7. The molecule has 1 atom stereocenters. The highest BCUT2D eigenvalue weighted by Crippen LogP contribution is 2.24. The number of hydrogen-bond donors (Lipinski definition) is 2. The van der Waals surface area contributed by atoms with Crippen molar-refractivity contribution in [1.82, 2.24) is 14.9 Å². The summed E-state index contributed by atoms with van der Waals surface area (Å²) in [6.45, 7) is 0.237. The molecule has 2 aromatic rings. The van der Waals surface area contributed by atoms with Crippen LogP contribution in [0.3, 0.4) is 0 Å². The van der Waals surface area contributed by atoms with Crippen LogP contribution in [-0.4, -0.2) is 34.8 Å². The normalized spacial score (nSPS) is 11.8. The summed E-state index contributed by atoms with van der Waals surface area (Å²) < 4.78 is 12.0. The monoisotopic (exact) mass is 305 g/mol. The summed E-state index contributed by atoms with van der Waals surface area (Å²) >= 11 is 0. The average Bonchev–Trinajstić information content (AvgIpc) is 2.97. The number of nitrogens with zero attached hydrogens (tertiary/aromatic N) is 2. The number of carbonyl (C=O) groups is 1. The molecule has 1 aromatic carbocycles. The van der Waals surface area contributed by atoms with E-state index in [2.05, 4.69) is 10.3 Å². The molecule has 7 heteroatoms. The van der Waals surface area contributed by atoms with Crippen LogP contribution in [-0.2, 0) is 18.4 Å². The van der Waals surface area contributed by atoms with Gasteiger partial charge in [-0.15, -0.1) is 0 Å². The molecule has 1 heterocycles. The van der Waals surface area contributed by atoms with E-state index in [0.29, 0.717) is 17.2 Å². The van der Waals surface area contributed by atoms with E-state index >= 15 is 0 Å². The molecule has 118 valence electrons. The Hall–Kier alpha value is -2.54. The fourth-order valence-corrected chi connectivity index (χ4v) is 2.04. The SMILES string of the molecule is COc1ccc(CNC(=O)[C@H](O)c2cncn2C)c(OC)c1. The van der Waals surface area contributed by atoms with E-state index < -0.39 is 12.0 Å². The number of ether oxygens (including phenoxy) is 2. The number of amides is 1. The quantitative estimate of drug-likeness (QED) is 0.824. The smallest absolute Gasteiger partial charge is 0.255 e. The Labute approximate surface area is 128 Å². The van der Waals surface area contributed by atoms with Crippen LogP contribution >= 0.6 is 0 Å². The standard InChI is InChI=1S/C15H19N3O4/c1-18-9-16-8-12(18)14(19)15(20)17-7-10-4-5-11(21-2)6-13(10)22-3/h4-6,8-9,14,19H,7H2,1-3H3,(H,17,20)/t14-/m1/s1. The van der Waals surface area contributed by atoms with Crippen molar-refractivity contribution in [1.29, 1.82) is 0 Å². The van der Waals surface area contributed by atoms with E-state index in [1.165, 1.54) is 12.5 Å². The van der Waals surface area contributed by atoms with Crippen molar-refractivity contribution >= 4 is 5.91 Å². The van der Waals surface area contributed by atoms with Crippen LogP contribution in [0.5, 0.6) is 11.5 Å². The zero-order valence-corrected chi connectivity index (χ0v) is 12.7. The minimum atomic E-state index is -1.27. The highest BCUT2D eigenvalue weighted by molar-refractivity contribution is 5.81. The molecule has 7 nitrogen and oxygen atoms in total. The first-order valence-electron chi connectivity index (χ1n) is 6.69. The number of aliphatic hydroxyl groups is 1. The number of hydrogen-bond acceptors (Lipinski definition) is 5. The van der Waals surface area contributed by atoms with E-state index in [1.54, 1.807) is 44.0 Å². The molecule has 1 aromatic heterocycles. The van der Waals surface area contributed by atoms with Crippen molar-refractivity contribution in [3.05, 3.63) is 42.0 Å². The fraction of sp³-hybridized carbons (Fsp3) is 0.333. The van der Waals surface area contributed by atoms with Crippen LogP contribution in [0.2, 0.25) is 0 Å². The predicted molar refractivity (Wildman–Crippen MR) is 79.6 cm³/mol. The number of benzene rings is 1. The van der Waals surface area contributed by atoms with E-state index in [9.17, 15) is 9.90 Å². The molecule has 0 unspecified atom stereocenters. The Kier molecular flexibility index (Phi) is 5.00. The third-order valence-corrected chi connectivity index (χ3v) is 3.33. The minimum Gasteiger partial charge on any atom is -0.497 e. The molecule has 0 aliphatic heterocycles. The molecule has 0 bridgehead atoms. The molecule has 0 aliphatic rings. The van der Waals surface area contributed by atoms with Gasteiger partial charge in [0.15, 0.2) is 6.10 Å². The number of imidazole rings is 1. The Balaban J connectivity index is 2.03. The number of nitrogens with one attached hydrogen (secondary N) is 1. The van der Waals surface area contributed by atoms with Crippen molar-refractivity contribution < 1.29 is 19.4 Å². The Morgan fingerprint density at radius 2 is 2.18 bits per heavy atom. The number of carbonyl (C=O) groups excluding carboxylic acids is 1. The second kappa shape index (κ2) is 6.95. The van der Waals surface area contributed by atoms with Crippen molar-refractivity contribution in [2.24, 2.45) is 7.05 Å². The van der Waals surface area contributed by atoms with Gasteiger partial charge in [-0.2, -0.15) is 0 Å². The maximum Gasteiger partial charge on any atom is 0.255 e. The lowest BCUT2D eigenvalue weighted by molar-refractivity contribution is -0.130. The van der Waals surface area contributed by atoms with Crippen LogP contribution in [0, 0.1) is 0 Å². The van der Waals surface area contributed by atoms with E-state index in [-0.39, 0.29) is 6.54 Å². The maximum absolute atomic E-state index is 12.0. The second-order valence-electron chi connectivity index (χ2n) is 4.73. The lowest BCUT2D eigenvalue weighted by Crippen LogP contribution is -2.29. The summed E-state index contributed by atoms with van der Waals surface area (Å²) in [4.78, 5) is 15.9. The highest BCUT2D eigenvalue weighted by Gasteiger charge is 2.20. The predicted octanol–water partition coefficient (Wildman–Crippen LogP) is 0.787. The van der Waals surface area contributed by atoms with Crippen molar-refractivity contribution in [3.63, 3.8) is 0 Å². The summed E-state index contributed by atoms with van der Waals surface area (Å²) in [7, 11) is 4.83. The van der Waals surface area contributed by atoms with Gasteiger partial charge in [0, 0.05) is 25.2 Å². The van der Waals surface area contributed by atoms with Gasteiger partial charge < -0.3 is 24.5 Å². The number of methoxy groups -OCH3 is 2. The number of aliphatic hydroxyl groups excluding tert-OH is 1. The molecule has 22 heavy (non-hydrogen) atoms. The van der Waals surface area contributed by atoms with Gasteiger partial charge in [-0.25, -0.2) is 4.98 Å². The Bertz CT molecular complexity index is 654. The van der Waals surface area contributed by atoms with Crippen molar-refractivity contribution in [2.75, 3.05) is 14.2 Å². The molecule has 1 amide bonds. The minimum absolute atomic E-state index is 0.237. The summed E-state index contributed by atoms with van der Waals surface area (Å²) in [5, 5.41) is 12.7. The van der Waals surface area contributed by atoms with Gasteiger partial charge in [-0.3, -0.25) is 4.79 Å². The fourth-order valence-electron chi connectivity index (χ4n) is 2.04. The molecule has 0 aliphatic carbocycles.